The predicted octanol–water partition coefficient (Wildman–Crippen LogP) is 3.98. The van der Waals surface area contributed by atoms with E-state index < -0.39 is 0 Å². The number of halogens is 2. The van der Waals surface area contributed by atoms with E-state index in [2.05, 4.69) is 0 Å². The fraction of sp³-hybridized carbons (Fsp3) is 0.200. The number of hydrogen-bond acceptors (Lipinski definition) is 2. The molecule has 2 aromatic carbocycles. The van der Waals surface area contributed by atoms with Crippen LogP contribution in [0.1, 0.15) is 17.0 Å². The number of hydrogen-bond donors (Lipinski definition) is 2. The van der Waals surface area contributed by atoms with Crippen LogP contribution < -0.4 is 5.73 Å². The van der Waals surface area contributed by atoms with Crippen molar-refractivity contribution in [3.05, 3.63) is 63.6 Å². The first-order valence-corrected chi connectivity index (χ1v) is 6.78. The highest BCUT2D eigenvalue weighted by molar-refractivity contribution is 6.42. The van der Waals surface area contributed by atoms with Crippen LogP contribution in [0.3, 0.4) is 0 Å². The van der Waals surface area contributed by atoms with Gasteiger partial charge in [-0.1, -0.05) is 41.4 Å². The lowest BCUT2D eigenvalue weighted by Gasteiger charge is -2.16. The fourth-order valence-electron chi connectivity index (χ4n) is 2.03. The van der Waals surface area contributed by atoms with E-state index in [0.717, 1.165) is 17.5 Å². The third-order valence-electron chi connectivity index (χ3n) is 3.12. The van der Waals surface area contributed by atoms with Crippen molar-refractivity contribution in [1.29, 1.82) is 0 Å². The lowest BCUT2D eigenvalue weighted by atomic mass is 9.92. The Morgan fingerprint density at radius 2 is 1.68 bits per heavy atom. The molecule has 3 N–H and O–H groups in total. The minimum atomic E-state index is 0.192. The topological polar surface area (TPSA) is 46.2 Å². The quantitative estimate of drug-likeness (QED) is 0.896. The van der Waals surface area contributed by atoms with Crippen molar-refractivity contribution in [2.45, 2.75) is 12.3 Å². The van der Waals surface area contributed by atoms with Crippen LogP contribution in [0.25, 0.3) is 0 Å². The minimum Gasteiger partial charge on any atom is -0.508 e. The molecule has 0 aliphatic carbocycles. The number of rotatable bonds is 4. The van der Waals surface area contributed by atoms with Gasteiger partial charge in [-0.2, -0.15) is 0 Å². The second-order valence-electron chi connectivity index (χ2n) is 4.48. The highest BCUT2D eigenvalue weighted by atomic mass is 35.5. The maximum Gasteiger partial charge on any atom is 0.115 e. The van der Waals surface area contributed by atoms with Crippen molar-refractivity contribution in [3.8, 4) is 5.75 Å². The van der Waals surface area contributed by atoms with E-state index in [-0.39, 0.29) is 11.7 Å². The fourth-order valence-corrected chi connectivity index (χ4v) is 2.36. The summed E-state index contributed by atoms with van der Waals surface area (Å²) in [6.07, 6.45) is 0.790. The zero-order valence-electron chi connectivity index (χ0n) is 10.3. The van der Waals surface area contributed by atoms with Gasteiger partial charge < -0.3 is 10.8 Å². The summed E-state index contributed by atoms with van der Waals surface area (Å²) in [6, 6.07) is 12.8. The van der Waals surface area contributed by atoms with Crippen molar-refractivity contribution in [2.24, 2.45) is 5.73 Å². The Morgan fingerprint density at radius 3 is 2.26 bits per heavy atom. The molecule has 100 valence electrons. The van der Waals surface area contributed by atoms with E-state index in [9.17, 15) is 5.11 Å². The molecule has 0 aromatic heterocycles. The molecule has 4 heteroatoms. The molecule has 0 amide bonds. The summed E-state index contributed by atoms with van der Waals surface area (Å²) in [7, 11) is 0. The lowest BCUT2D eigenvalue weighted by Crippen LogP contribution is -2.15. The zero-order chi connectivity index (χ0) is 13.8. The summed E-state index contributed by atoms with van der Waals surface area (Å²) >= 11 is 11.9. The van der Waals surface area contributed by atoms with E-state index in [1.165, 1.54) is 0 Å². The summed E-state index contributed by atoms with van der Waals surface area (Å²) < 4.78 is 0. The van der Waals surface area contributed by atoms with E-state index in [4.69, 9.17) is 28.9 Å². The van der Waals surface area contributed by atoms with Crippen LogP contribution in [0.2, 0.25) is 10.0 Å². The SMILES string of the molecule is NCC(Cc1ccc(Cl)c(Cl)c1)c1ccc(O)cc1. The standard InChI is InChI=1S/C15H15Cl2NO/c16-14-6-1-10(8-15(14)17)7-12(9-18)11-2-4-13(19)5-3-11/h1-6,8,12,19H,7,9,18H2. The first-order valence-electron chi connectivity index (χ1n) is 6.03. The largest absolute Gasteiger partial charge is 0.508 e. The van der Waals surface area contributed by atoms with Crippen molar-refractivity contribution < 1.29 is 5.11 Å². The van der Waals surface area contributed by atoms with Crippen molar-refractivity contribution in [1.82, 2.24) is 0 Å². The van der Waals surface area contributed by atoms with Gasteiger partial charge >= 0.3 is 0 Å². The lowest BCUT2D eigenvalue weighted by molar-refractivity contribution is 0.475. The van der Waals surface area contributed by atoms with Gasteiger partial charge in [0, 0.05) is 5.92 Å². The van der Waals surface area contributed by atoms with Crippen molar-refractivity contribution in [2.75, 3.05) is 6.54 Å². The molecular formula is C15H15Cl2NO. The van der Waals surface area contributed by atoms with Crippen LogP contribution in [0, 0.1) is 0 Å². The molecule has 2 nitrogen and oxygen atoms in total. The van der Waals surface area contributed by atoms with Crippen LogP contribution in [0.5, 0.6) is 5.75 Å². The first kappa shape index (κ1) is 14.2. The summed E-state index contributed by atoms with van der Waals surface area (Å²) in [5.41, 5.74) is 8.04. The van der Waals surface area contributed by atoms with E-state index in [1.54, 1.807) is 18.2 Å². The molecular weight excluding hydrogens is 281 g/mol. The second kappa shape index (κ2) is 6.29. The normalized spacial score (nSPS) is 12.4. The molecule has 0 spiro atoms. The number of phenolic OH excluding ortho intramolecular Hbond substituents is 1. The molecule has 1 atom stereocenters. The summed E-state index contributed by atoms with van der Waals surface area (Å²) in [6.45, 7) is 0.533. The number of benzene rings is 2. The molecule has 0 saturated carbocycles. The maximum absolute atomic E-state index is 9.30. The van der Waals surface area contributed by atoms with Gasteiger partial charge in [-0.05, 0) is 48.4 Å². The molecule has 0 fully saturated rings. The van der Waals surface area contributed by atoms with Crippen molar-refractivity contribution in [3.63, 3.8) is 0 Å². The number of nitrogens with two attached hydrogens (primary N) is 1. The highest BCUT2D eigenvalue weighted by Crippen LogP contribution is 2.27. The van der Waals surface area contributed by atoms with Gasteiger partial charge in [0.1, 0.15) is 5.75 Å². The van der Waals surface area contributed by atoms with Crippen LogP contribution in [-0.2, 0) is 6.42 Å². The molecule has 0 radical (unpaired) electrons. The average Bonchev–Trinajstić information content (AvgIpc) is 2.41. The molecule has 2 rings (SSSR count). The summed E-state index contributed by atoms with van der Waals surface area (Å²) in [5.74, 6) is 0.451. The van der Waals surface area contributed by atoms with Gasteiger partial charge in [-0.3, -0.25) is 0 Å². The molecule has 0 saturated heterocycles. The van der Waals surface area contributed by atoms with Crippen molar-refractivity contribution >= 4 is 23.2 Å². The van der Waals surface area contributed by atoms with Crippen LogP contribution >= 0.6 is 23.2 Å². The molecule has 2 aromatic rings. The summed E-state index contributed by atoms with van der Waals surface area (Å²) in [5, 5.41) is 10.4. The van der Waals surface area contributed by atoms with Gasteiger partial charge in [0.2, 0.25) is 0 Å². The van der Waals surface area contributed by atoms with E-state index >= 15 is 0 Å². The second-order valence-corrected chi connectivity index (χ2v) is 5.29. The maximum atomic E-state index is 9.30. The van der Waals surface area contributed by atoms with Gasteiger partial charge in [-0.15, -0.1) is 0 Å². The summed E-state index contributed by atoms with van der Waals surface area (Å²) in [4.78, 5) is 0. The van der Waals surface area contributed by atoms with Gasteiger partial charge in [-0.25, -0.2) is 0 Å². The first-order chi connectivity index (χ1) is 9.10. The Bertz CT molecular complexity index is 555. The van der Waals surface area contributed by atoms with E-state index in [1.807, 2.05) is 24.3 Å². The van der Waals surface area contributed by atoms with Gasteiger partial charge in [0.15, 0.2) is 0 Å². The average molecular weight is 296 g/mol. The van der Waals surface area contributed by atoms with Crippen LogP contribution in [0.4, 0.5) is 0 Å². The Morgan fingerprint density at radius 1 is 1.00 bits per heavy atom. The third-order valence-corrected chi connectivity index (χ3v) is 3.85. The Balaban J connectivity index is 2.18. The monoisotopic (exact) mass is 295 g/mol. The van der Waals surface area contributed by atoms with Gasteiger partial charge in [0.25, 0.3) is 0 Å². The molecule has 1 unspecified atom stereocenters. The minimum absolute atomic E-state index is 0.192. The predicted molar refractivity (Wildman–Crippen MR) is 80.1 cm³/mol. The smallest absolute Gasteiger partial charge is 0.115 e. The van der Waals surface area contributed by atoms with Crippen LogP contribution in [0.15, 0.2) is 42.5 Å². The Hall–Kier alpha value is -1.22. The molecule has 0 bridgehead atoms. The number of phenols is 1. The highest BCUT2D eigenvalue weighted by Gasteiger charge is 2.11. The van der Waals surface area contributed by atoms with E-state index in [0.29, 0.717) is 16.6 Å². The van der Waals surface area contributed by atoms with Crippen LogP contribution in [-0.4, -0.2) is 11.7 Å². The zero-order valence-corrected chi connectivity index (χ0v) is 11.8. The molecule has 19 heavy (non-hydrogen) atoms. The molecule has 0 heterocycles. The number of aromatic hydroxyl groups is 1. The molecule has 0 aliphatic rings. The molecule has 0 aliphatic heterocycles. The van der Waals surface area contributed by atoms with Gasteiger partial charge in [0.05, 0.1) is 10.0 Å². The Kier molecular flexibility index (Phi) is 4.70. The third kappa shape index (κ3) is 3.63. The Labute approximate surface area is 122 Å².